The Kier molecular flexibility index (Phi) is 4.15. The molecule has 0 saturated carbocycles. The maximum atomic E-state index is 6.10. The third-order valence-electron chi connectivity index (χ3n) is 4.75. The minimum Gasteiger partial charge on any atom is -0.231 e. The number of rotatable bonds is 3. The molecule has 0 amide bonds. The van der Waals surface area contributed by atoms with Crippen LogP contribution in [-0.2, 0) is 0 Å². The Labute approximate surface area is 166 Å². The first-order chi connectivity index (χ1) is 13.3. The number of hydrogen-bond acceptors (Lipinski definition) is 4. The van der Waals surface area contributed by atoms with Crippen LogP contribution in [-0.4, -0.2) is 10.7 Å². The number of hydrazone groups is 1. The van der Waals surface area contributed by atoms with Crippen molar-refractivity contribution in [3.63, 3.8) is 0 Å². The molecule has 1 aromatic heterocycles. The average molecular weight is 390 g/mol. The van der Waals surface area contributed by atoms with E-state index in [2.05, 4.69) is 47.5 Å². The highest BCUT2D eigenvalue weighted by atomic mass is 35.5. The van der Waals surface area contributed by atoms with Crippen molar-refractivity contribution in [2.24, 2.45) is 5.10 Å². The largest absolute Gasteiger partial charge is 0.231 e. The Hall–Kier alpha value is -2.69. The molecule has 1 aliphatic rings. The van der Waals surface area contributed by atoms with Crippen molar-refractivity contribution in [1.82, 2.24) is 4.98 Å². The van der Waals surface area contributed by atoms with Gasteiger partial charge in [-0.1, -0.05) is 77.5 Å². The first-order valence-electron chi connectivity index (χ1n) is 8.81. The van der Waals surface area contributed by atoms with Crippen LogP contribution in [0.5, 0.6) is 0 Å². The number of aromatic nitrogens is 1. The average Bonchev–Trinajstić information content (AvgIpc) is 3.33. The standard InChI is InChI=1S/C22H16ClN3S/c23-17-12-10-16(11-13-17)20-14-19(15-6-2-1-3-7-15)25-26(20)22-24-18-8-4-5-9-21(18)27-22/h1-13,20H,14H2. The monoisotopic (exact) mass is 389 g/mol. The summed E-state index contributed by atoms with van der Waals surface area (Å²) in [7, 11) is 0. The van der Waals surface area contributed by atoms with E-state index >= 15 is 0 Å². The van der Waals surface area contributed by atoms with Crippen molar-refractivity contribution < 1.29 is 0 Å². The highest BCUT2D eigenvalue weighted by molar-refractivity contribution is 7.22. The minimum atomic E-state index is 0.109. The van der Waals surface area contributed by atoms with Gasteiger partial charge in [0.1, 0.15) is 0 Å². The van der Waals surface area contributed by atoms with E-state index in [1.807, 2.05) is 36.4 Å². The van der Waals surface area contributed by atoms with Crippen LogP contribution in [0.25, 0.3) is 10.2 Å². The predicted molar refractivity (Wildman–Crippen MR) is 114 cm³/mol. The summed E-state index contributed by atoms with van der Waals surface area (Å²) in [5.41, 5.74) is 4.43. The van der Waals surface area contributed by atoms with E-state index < -0.39 is 0 Å². The summed E-state index contributed by atoms with van der Waals surface area (Å²) in [6.07, 6.45) is 0.835. The molecule has 3 nitrogen and oxygen atoms in total. The van der Waals surface area contributed by atoms with Crippen molar-refractivity contribution in [1.29, 1.82) is 0 Å². The molecule has 1 unspecified atom stereocenters. The maximum absolute atomic E-state index is 6.10. The molecule has 132 valence electrons. The smallest absolute Gasteiger partial charge is 0.207 e. The van der Waals surface area contributed by atoms with Gasteiger partial charge < -0.3 is 0 Å². The zero-order valence-corrected chi connectivity index (χ0v) is 16.0. The van der Waals surface area contributed by atoms with Crippen molar-refractivity contribution in [3.8, 4) is 0 Å². The lowest BCUT2D eigenvalue weighted by Gasteiger charge is -2.21. The van der Waals surface area contributed by atoms with Crippen LogP contribution in [0.3, 0.4) is 0 Å². The molecule has 5 rings (SSSR count). The first-order valence-corrected chi connectivity index (χ1v) is 10.0. The predicted octanol–water partition coefficient (Wildman–Crippen LogP) is 6.31. The number of fused-ring (bicyclic) bond motifs is 1. The van der Waals surface area contributed by atoms with Crippen molar-refractivity contribution in [2.45, 2.75) is 12.5 Å². The third-order valence-corrected chi connectivity index (χ3v) is 6.03. The number of hydrogen-bond donors (Lipinski definition) is 0. The molecule has 0 N–H and O–H groups in total. The van der Waals surface area contributed by atoms with Crippen LogP contribution in [0.4, 0.5) is 5.13 Å². The van der Waals surface area contributed by atoms with Crippen LogP contribution >= 0.6 is 22.9 Å². The Bertz CT molecular complexity index is 1090. The van der Waals surface area contributed by atoms with Gasteiger partial charge in [0.25, 0.3) is 0 Å². The molecule has 0 fully saturated rings. The van der Waals surface area contributed by atoms with E-state index in [1.165, 1.54) is 10.3 Å². The molecule has 1 atom stereocenters. The molecule has 1 aliphatic heterocycles. The van der Waals surface area contributed by atoms with Gasteiger partial charge in [-0.3, -0.25) is 0 Å². The first kappa shape index (κ1) is 16.5. The summed E-state index contributed by atoms with van der Waals surface area (Å²) in [6, 6.07) is 26.7. The van der Waals surface area contributed by atoms with Crippen molar-refractivity contribution in [3.05, 3.63) is 95.0 Å². The van der Waals surface area contributed by atoms with Gasteiger partial charge in [0, 0.05) is 11.4 Å². The minimum absolute atomic E-state index is 0.109. The third kappa shape index (κ3) is 3.11. The van der Waals surface area contributed by atoms with Crippen LogP contribution in [0.2, 0.25) is 5.02 Å². The van der Waals surface area contributed by atoms with E-state index in [0.717, 1.165) is 33.4 Å². The van der Waals surface area contributed by atoms with Gasteiger partial charge in [-0.2, -0.15) is 5.10 Å². The maximum Gasteiger partial charge on any atom is 0.207 e. The van der Waals surface area contributed by atoms with Crippen LogP contribution < -0.4 is 5.01 Å². The van der Waals surface area contributed by atoms with E-state index in [9.17, 15) is 0 Å². The van der Waals surface area contributed by atoms with Gasteiger partial charge >= 0.3 is 0 Å². The van der Waals surface area contributed by atoms with Crippen LogP contribution in [0, 0.1) is 0 Å². The fourth-order valence-electron chi connectivity index (χ4n) is 3.39. The number of para-hydroxylation sites is 1. The van der Waals surface area contributed by atoms with Crippen LogP contribution in [0.1, 0.15) is 23.6 Å². The van der Waals surface area contributed by atoms with Crippen LogP contribution in [0.15, 0.2) is 84.0 Å². The molecule has 0 bridgehead atoms. The molecular weight excluding hydrogens is 374 g/mol. The van der Waals surface area contributed by atoms with Gasteiger partial charge in [0.2, 0.25) is 5.13 Å². The van der Waals surface area contributed by atoms with E-state index in [0.29, 0.717) is 0 Å². The number of nitrogens with zero attached hydrogens (tertiary/aromatic N) is 3. The second kappa shape index (κ2) is 6.80. The summed E-state index contributed by atoms with van der Waals surface area (Å²) in [4.78, 5) is 4.83. The van der Waals surface area contributed by atoms with Gasteiger partial charge in [-0.15, -0.1) is 0 Å². The van der Waals surface area contributed by atoms with E-state index in [1.54, 1.807) is 11.3 Å². The number of thiazole rings is 1. The van der Waals surface area contributed by atoms with Crippen molar-refractivity contribution in [2.75, 3.05) is 5.01 Å². The molecule has 0 saturated heterocycles. The highest BCUT2D eigenvalue weighted by Gasteiger charge is 2.31. The molecule has 0 radical (unpaired) electrons. The summed E-state index contributed by atoms with van der Waals surface area (Å²) >= 11 is 7.77. The lowest BCUT2D eigenvalue weighted by Crippen LogP contribution is -2.18. The number of halogens is 1. The van der Waals surface area contributed by atoms with Crippen molar-refractivity contribution >= 4 is 44.0 Å². The second-order valence-corrected chi connectivity index (χ2v) is 7.94. The Morgan fingerprint density at radius 3 is 2.41 bits per heavy atom. The van der Waals surface area contributed by atoms with Gasteiger partial charge in [0.05, 0.1) is 22.0 Å². The van der Waals surface area contributed by atoms with Gasteiger partial charge in [-0.05, 0) is 35.4 Å². The molecule has 0 spiro atoms. The molecule has 4 aromatic rings. The molecule has 2 heterocycles. The fraction of sp³-hybridized carbons (Fsp3) is 0.0909. The second-order valence-electron chi connectivity index (χ2n) is 6.49. The topological polar surface area (TPSA) is 28.5 Å². The summed E-state index contributed by atoms with van der Waals surface area (Å²) in [5, 5.41) is 8.70. The van der Waals surface area contributed by atoms with Gasteiger partial charge in [0.15, 0.2) is 0 Å². The molecule has 3 aromatic carbocycles. The lowest BCUT2D eigenvalue weighted by atomic mass is 9.99. The summed E-state index contributed by atoms with van der Waals surface area (Å²) < 4.78 is 1.17. The molecular formula is C22H16ClN3S. The SMILES string of the molecule is Clc1ccc(C2CC(c3ccccc3)=NN2c2nc3ccccc3s2)cc1. The quantitative estimate of drug-likeness (QED) is 0.411. The van der Waals surface area contributed by atoms with E-state index in [-0.39, 0.29) is 6.04 Å². The summed E-state index contributed by atoms with van der Waals surface area (Å²) in [5.74, 6) is 0. The highest BCUT2D eigenvalue weighted by Crippen LogP contribution is 2.40. The molecule has 0 aliphatic carbocycles. The number of benzene rings is 3. The Morgan fingerprint density at radius 1 is 0.889 bits per heavy atom. The fourth-order valence-corrected chi connectivity index (χ4v) is 4.49. The van der Waals surface area contributed by atoms with Gasteiger partial charge in [-0.25, -0.2) is 9.99 Å². The zero-order chi connectivity index (χ0) is 18.2. The number of anilines is 1. The molecule has 27 heavy (non-hydrogen) atoms. The Balaban J connectivity index is 1.60. The normalized spacial score (nSPS) is 16.7. The molecule has 5 heteroatoms. The zero-order valence-electron chi connectivity index (χ0n) is 14.4. The van der Waals surface area contributed by atoms with E-state index in [4.69, 9.17) is 21.7 Å². The Morgan fingerprint density at radius 2 is 1.63 bits per heavy atom. The lowest BCUT2D eigenvalue weighted by molar-refractivity contribution is 0.707. The summed E-state index contributed by atoms with van der Waals surface area (Å²) in [6.45, 7) is 0.